The molecule has 1 aliphatic rings. The molecule has 0 bridgehead atoms. The standard InChI is InChI=1S/C26H31F2N7O2/c1-26(2,3)37-25(36)33-32-23-15-21(30-24(29)31-23)18-6-4-5-17(13-18)16-34-9-11-35(12-10-34)22-8-7-19(27)14-20(22)28/h4-8,13-15H,9-12,16H2,1-3H3,(H,33,36)(H3,29,30,31,32). The lowest BCUT2D eigenvalue weighted by Crippen LogP contribution is -2.46. The minimum Gasteiger partial charge on any atom is -0.443 e. The monoisotopic (exact) mass is 511 g/mol. The van der Waals surface area contributed by atoms with E-state index in [0.29, 0.717) is 36.8 Å². The molecule has 196 valence electrons. The van der Waals surface area contributed by atoms with E-state index in [9.17, 15) is 13.6 Å². The minimum atomic E-state index is -0.643. The zero-order valence-corrected chi connectivity index (χ0v) is 21.1. The first-order valence-electron chi connectivity index (χ1n) is 12.0. The second kappa shape index (κ2) is 11.0. The molecule has 1 amide bonds. The number of nitrogens with one attached hydrogen (secondary N) is 2. The Hall–Kier alpha value is -3.99. The molecular formula is C26H31F2N7O2. The van der Waals surface area contributed by atoms with Crippen LogP contribution in [-0.2, 0) is 11.3 Å². The molecule has 0 spiro atoms. The Morgan fingerprint density at radius 2 is 1.81 bits per heavy atom. The van der Waals surface area contributed by atoms with Crippen LogP contribution in [0.25, 0.3) is 11.3 Å². The Morgan fingerprint density at radius 3 is 2.51 bits per heavy atom. The highest BCUT2D eigenvalue weighted by Crippen LogP contribution is 2.24. The lowest BCUT2D eigenvalue weighted by Gasteiger charge is -2.36. The fraction of sp³-hybridized carbons (Fsp3) is 0.346. The van der Waals surface area contributed by atoms with Gasteiger partial charge in [-0.15, -0.1) is 0 Å². The first kappa shape index (κ1) is 26.1. The van der Waals surface area contributed by atoms with Crippen molar-refractivity contribution in [2.45, 2.75) is 32.9 Å². The number of nitrogens with two attached hydrogens (primary N) is 1. The van der Waals surface area contributed by atoms with Gasteiger partial charge < -0.3 is 15.4 Å². The molecule has 9 nitrogen and oxygen atoms in total. The quantitative estimate of drug-likeness (QED) is 0.423. The van der Waals surface area contributed by atoms with Crippen molar-refractivity contribution < 1.29 is 18.3 Å². The van der Waals surface area contributed by atoms with E-state index in [2.05, 4.69) is 25.7 Å². The predicted octanol–water partition coefficient (Wildman–Crippen LogP) is 4.18. The van der Waals surface area contributed by atoms with Crippen LogP contribution >= 0.6 is 0 Å². The van der Waals surface area contributed by atoms with E-state index in [1.165, 1.54) is 12.1 Å². The summed E-state index contributed by atoms with van der Waals surface area (Å²) in [5.74, 6) is -0.740. The minimum absolute atomic E-state index is 0.0561. The summed E-state index contributed by atoms with van der Waals surface area (Å²) in [5.41, 5.74) is 13.4. The van der Waals surface area contributed by atoms with E-state index in [0.717, 1.165) is 30.3 Å². The molecule has 4 N–H and O–H groups in total. The van der Waals surface area contributed by atoms with Crippen LogP contribution in [0.4, 0.5) is 31.0 Å². The summed E-state index contributed by atoms with van der Waals surface area (Å²) in [5, 5.41) is 0. The number of aromatic nitrogens is 2. The molecular weight excluding hydrogens is 480 g/mol. The number of piperazine rings is 1. The third kappa shape index (κ3) is 7.26. The average molecular weight is 512 g/mol. The Kier molecular flexibility index (Phi) is 7.72. The van der Waals surface area contributed by atoms with E-state index < -0.39 is 23.3 Å². The molecule has 1 fully saturated rings. The molecule has 37 heavy (non-hydrogen) atoms. The maximum absolute atomic E-state index is 14.1. The van der Waals surface area contributed by atoms with Crippen LogP contribution in [0.2, 0.25) is 0 Å². The van der Waals surface area contributed by atoms with E-state index in [-0.39, 0.29) is 5.95 Å². The maximum Gasteiger partial charge on any atom is 0.426 e. The molecule has 2 heterocycles. The number of rotatable bonds is 6. The Labute approximate surface area is 214 Å². The molecule has 4 rings (SSSR count). The van der Waals surface area contributed by atoms with Gasteiger partial charge in [0.05, 0.1) is 11.4 Å². The van der Waals surface area contributed by atoms with Crippen molar-refractivity contribution in [3.05, 3.63) is 65.7 Å². The van der Waals surface area contributed by atoms with Gasteiger partial charge in [-0.05, 0) is 44.5 Å². The van der Waals surface area contributed by atoms with Crippen molar-refractivity contribution >= 4 is 23.5 Å². The number of nitrogens with zero attached hydrogens (tertiary/aromatic N) is 4. The van der Waals surface area contributed by atoms with Gasteiger partial charge in [-0.2, -0.15) is 4.98 Å². The molecule has 3 aromatic rings. The van der Waals surface area contributed by atoms with Crippen molar-refractivity contribution in [2.75, 3.05) is 42.2 Å². The zero-order chi connectivity index (χ0) is 26.6. The number of ether oxygens (including phenoxy) is 1. The van der Waals surface area contributed by atoms with Gasteiger partial charge in [0.25, 0.3) is 0 Å². The Morgan fingerprint density at radius 1 is 1.05 bits per heavy atom. The number of hydrogen-bond donors (Lipinski definition) is 3. The summed E-state index contributed by atoms with van der Waals surface area (Å²) in [6.07, 6.45) is -0.643. The number of halogens is 2. The van der Waals surface area contributed by atoms with Crippen LogP contribution in [0.3, 0.4) is 0 Å². The van der Waals surface area contributed by atoms with Crippen molar-refractivity contribution in [3.63, 3.8) is 0 Å². The highest BCUT2D eigenvalue weighted by Gasteiger charge is 2.20. The number of hydrazine groups is 1. The van der Waals surface area contributed by atoms with Gasteiger partial charge in [0.1, 0.15) is 17.2 Å². The summed E-state index contributed by atoms with van der Waals surface area (Å²) in [6, 6.07) is 13.3. The van der Waals surface area contributed by atoms with Crippen LogP contribution in [0, 0.1) is 11.6 Å². The van der Waals surface area contributed by atoms with Gasteiger partial charge >= 0.3 is 6.09 Å². The molecule has 0 radical (unpaired) electrons. The van der Waals surface area contributed by atoms with Gasteiger partial charge in [-0.1, -0.05) is 18.2 Å². The Bertz CT molecular complexity index is 1260. The number of hydrogen-bond acceptors (Lipinski definition) is 8. The molecule has 0 unspecified atom stereocenters. The highest BCUT2D eigenvalue weighted by atomic mass is 19.1. The molecule has 1 aromatic heterocycles. The number of nitrogen functional groups attached to an aromatic ring is 1. The van der Waals surface area contributed by atoms with Crippen LogP contribution in [0.1, 0.15) is 26.3 Å². The fourth-order valence-electron chi connectivity index (χ4n) is 4.07. The molecule has 1 aliphatic heterocycles. The Balaban J connectivity index is 1.38. The van der Waals surface area contributed by atoms with E-state index >= 15 is 0 Å². The SMILES string of the molecule is CC(C)(C)OC(=O)NNc1cc(-c2cccc(CN3CCN(c4ccc(F)cc4F)CC3)c2)nc(N)n1. The van der Waals surface area contributed by atoms with Crippen molar-refractivity contribution in [3.8, 4) is 11.3 Å². The van der Waals surface area contributed by atoms with Gasteiger partial charge in [-0.3, -0.25) is 10.3 Å². The zero-order valence-electron chi connectivity index (χ0n) is 21.1. The van der Waals surface area contributed by atoms with Crippen molar-refractivity contribution in [1.82, 2.24) is 20.3 Å². The first-order valence-corrected chi connectivity index (χ1v) is 12.0. The van der Waals surface area contributed by atoms with Gasteiger partial charge in [0.15, 0.2) is 5.82 Å². The first-order chi connectivity index (χ1) is 17.6. The van der Waals surface area contributed by atoms with Gasteiger partial charge in [0, 0.05) is 50.4 Å². The van der Waals surface area contributed by atoms with Gasteiger partial charge in [-0.25, -0.2) is 24.0 Å². The number of carbonyl (C=O) groups is 1. The third-order valence-corrected chi connectivity index (χ3v) is 5.69. The molecule has 0 atom stereocenters. The van der Waals surface area contributed by atoms with Crippen LogP contribution < -0.4 is 21.5 Å². The van der Waals surface area contributed by atoms with E-state index in [1.54, 1.807) is 26.8 Å². The maximum atomic E-state index is 14.1. The number of benzene rings is 2. The second-order valence-electron chi connectivity index (χ2n) is 9.81. The summed E-state index contributed by atoms with van der Waals surface area (Å²) < 4.78 is 32.6. The summed E-state index contributed by atoms with van der Waals surface area (Å²) in [4.78, 5) is 24.6. The second-order valence-corrected chi connectivity index (χ2v) is 9.81. The fourth-order valence-corrected chi connectivity index (χ4v) is 4.07. The molecule has 1 saturated heterocycles. The molecule has 11 heteroatoms. The third-order valence-electron chi connectivity index (χ3n) is 5.69. The van der Waals surface area contributed by atoms with Gasteiger partial charge in [0.2, 0.25) is 5.95 Å². The summed E-state index contributed by atoms with van der Waals surface area (Å²) in [6.45, 7) is 8.79. The predicted molar refractivity (Wildman–Crippen MR) is 139 cm³/mol. The van der Waals surface area contributed by atoms with Crippen molar-refractivity contribution in [2.24, 2.45) is 0 Å². The average Bonchev–Trinajstić information content (AvgIpc) is 2.82. The topological polar surface area (TPSA) is 109 Å². The normalized spacial score (nSPS) is 14.4. The lowest BCUT2D eigenvalue weighted by molar-refractivity contribution is 0.0541. The van der Waals surface area contributed by atoms with E-state index in [1.807, 2.05) is 29.2 Å². The number of amides is 1. The van der Waals surface area contributed by atoms with Crippen LogP contribution in [-0.4, -0.2) is 52.7 Å². The van der Waals surface area contributed by atoms with Crippen LogP contribution in [0.15, 0.2) is 48.5 Å². The van der Waals surface area contributed by atoms with E-state index in [4.69, 9.17) is 10.5 Å². The number of anilines is 3. The smallest absolute Gasteiger partial charge is 0.426 e. The highest BCUT2D eigenvalue weighted by molar-refractivity contribution is 5.70. The summed E-state index contributed by atoms with van der Waals surface area (Å²) >= 11 is 0. The lowest BCUT2D eigenvalue weighted by atomic mass is 10.1. The molecule has 2 aromatic carbocycles. The largest absolute Gasteiger partial charge is 0.443 e. The number of carbonyl (C=O) groups excluding carboxylic acids is 1. The molecule has 0 saturated carbocycles. The molecule has 0 aliphatic carbocycles. The van der Waals surface area contributed by atoms with Crippen LogP contribution in [0.5, 0.6) is 0 Å². The van der Waals surface area contributed by atoms with Crippen molar-refractivity contribution in [1.29, 1.82) is 0 Å². The summed E-state index contributed by atoms with van der Waals surface area (Å²) in [7, 11) is 0.